The minimum Gasteiger partial charge on any atom is -0.508 e. The highest BCUT2D eigenvalue weighted by atomic mass is 19.1. The van der Waals surface area contributed by atoms with E-state index in [-0.39, 0.29) is 11.6 Å². The second-order valence-corrected chi connectivity index (χ2v) is 5.67. The van der Waals surface area contributed by atoms with Gasteiger partial charge in [0, 0.05) is 17.7 Å². The van der Waals surface area contributed by atoms with Crippen molar-refractivity contribution in [1.29, 1.82) is 0 Å². The Morgan fingerprint density at radius 2 is 2.00 bits per heavy atom. The van der Waals surface area contributed by atoms with Crippen molar-refractivity contribution in [1.82, 2.24) is 9.55 Å². The van der Waals surface area contributed by atoms with Crippen LogP contribution in [0.5, 0.6) is 5.75 Å². The van der Waals surface area contributed by atoms with Crippen LogP contribution in [0, 0.1) is 12.7 Å². The Morgan fingerprint density at radius 1 is 1.19 bits per heavy atom. The van der Waals surface area contributed by atoms with E-state index in [4.69, 9.17) is 0 Å². The van der Waals surface area contributed by atoms with Crippen LogP contribution in [0.1, 0.15) is 24.4 Å². The average molecular weight is 282 g/mol. The monoisotopic (exact) mass is 282 g/mol. The normalized spacial score (nSPS) is 14.8. The molecule has 4 rings (SSSR count). The Balaban J connectivity index is 1.98. The van der Waals surface area contributed by atoms with E-state index in [9.17, 15) is 9.50 Å². The highest BCUT2D eigenvalue weighted by Crippen LogP contribution is 2.41. The van der Waals surface area contributed by atoms with Gasteiger partial charge in [0.1, 0.15) is 17.4 Å². The summed E-state index contributed by atoms with van der Waals surface area (Å²) in [6.45, 7) is 1.86. The zero-order valence-corrected chi connectivity index (χ0v) is 11.7. The molecule has 2 aromatic carbocycles. The number of fused-ring (bicyclic) bond motifs is 1. The number of rotatable bonds is 2. The average Bonchev–Trinajstić information content (AvgIpc) is 3.22. The van der Waals surface area contributed by atoms with Crippen molar-refractivity contribution in [3.8, 4) is 17.1 Å². The van der Waals surface area contributed by atoms with E-state index in [2.05, 4.69) is 9.55 Å². The van der Waals surface area contributed by atoms with Crippen LogP contribution in [0.2, 0.25) is 0 Å². The Bertz CT molecular complexity index is 849. The van der Waals surface area contributed by atoms with E-state index in [0.717, 1.165) is 35.3 Å². The molecule has 3 aromatic rings. The van der Waals surface area contributed by atoms with Crippen LogP contribution in [0.15, 0.2) is 36.4 Å². The number of aromatic nitrogens is 2. The molecule has 1 heterocycles. The van der Waals surface area contributed by atoms with Crippen molar-refractivity contribution >= 4 is 11.0 Å². The van der Waals surface area contributed by atoms with Gasteiger partial charge in [-0.1, -0.05) is 0 Å². The van der Waals surface area contributed by atoms with Gasteiger partial charge in [0.25, 0.3) is 0 Å². The van der Waals surface area contributed by atoms with Crippen LogP contribution < -0.4 is 0 Å². The topological polar surface area (TPSA) is 38.0 Å². The number of phenols is 1. The van der Waals surface area contributed by atoms with Crippen molar-refractivity contribution < 1.29 is 9.50 Å². The molecule has 0 aliphatic heterocycles. The van der Waals surface area contributed by atoms with Gasteiger partial charge in [-0.3, -0.25) is 0 Å². The molecule has 1 saturated carbocycles. The van der Waals surface area contributed by atoms with E-state index < -0.39 is 0 Å². The first-order chi connectivity index (χ1) is 10.1. The molecule has 4 heteroatoms. The van der Waals surface area contributed by atoms with E-state index in [0.29, 0.717) is 11.6 Å². The third kappa shape index (κ3) is 1.98. The van der Waals surface area contributed by atoms with Crippen LogP contribution in [0.3, 0.4) is 0 Å². The maximum atomic E-state index is 13.4. The van der Waals surface area contributed by atoms with Crippen LogP contribution >= 0.6 is 0 Å². The second kappa shape index (κ2) is 4.32. The number of imidazole rings is 1. The van der Waals surface area contributed by atoms with Crippen molar-refractivity contribution in [2.24, 2.45) is 0 Å². The Kier molecular flexibility index (Phi) is 2.55. The van der Waals surface area contributed by atoms with Crippen LogP contribution in [-0.4, -0.2) is 14.7 Å². The summed E-state index contributed by atoms with van der Waals surface area (Å²) in [4.78, 5) is 4.62. The van der Waals surface area contributed by atoms with Gasteiger partial charge >= 0.3 is 0 Å². The number of aryl methyl sites for hydroxylation is 1. The van der Waals surface area contributed by atoms with Gasteiger partial charge in [0.2, 0.25) is 0 Å². The van der Waals surface area contributed by atoms with Gasteiger partial charge in [0.05, 0.1) is 11.0 Å². The van der Waals surface area contributed by atoms with Crippen molar-refractivity contribution in [3.63, 3.8) is 0 Å². The maximum Gasteiger partial charge on any atom is 0.141 e. The molecular weight excluding hydrogens is 267 g/mol. The minimum absolute atomic E-state index is 0.267. The van der Waals surface area contributed by atoms with Gasteiger partial charge in [-0.25, -0.2) is 9.37 Å². The zero-order valence-electron chi connectivity index (χ0n) is 11.7. The lowest BCUT2D eigenvalue weighted by Crippen LogP contribution is -1.97. The lowest BCUT2D eigenvalue weighted by Gasteiger charge is -2.09. The summed E-state index contributed by atoms with van der Waals surface area (Å²) in [6, 6.07) is 10.7. The van der Waals surface area contributed by atoms with Crippen molar-refractivity contribution in [2.45, 2.75) is 25.8 Å². The van der Waals surface area contributed by atoms with Crippen LogP contribution in [0.25, 0.3) is 22.4 Å². The predicted molar refractivity (Wildman–Crippen MR) is 79.8 cm³/mol. The van der Waals surface area contributed by atoms with E-state index in [1.807, 2.05) is 19.1 Å². The fourth-order valence-electron chi connectivity index (χ4n) is 2.77. The molecule has 21 heavy (non-hydrogen) atoms. The fourth-order valence-corrected chi connectivity index (χ4v) is 2.77. The van der Waals surface area contributed by atoms with E-state index >= 15 is 0 Å². The summed E-state index contributed by atoms with van der Waals surface area (Å²) < 4.78 is 15.6. The van der Waals surface area contributed by atoms with Gasteiger partial charge in [-0.05, 0) is 55.7 Å². The molecule has 0 unspecified atom stereocenters. The molecule has 0 spiro atoms. The molecule has 0 saturated heterocycles. The maximum absolute atomic E-state index is 13.4. The first kappa shape index (κ1) is 12.4. The summed E-state index contributed by atoms with van der Waals surface area (Å²) in [5, 5.41) is 9.68. The zero-order chi connectivity index (χ0) is 14.6. The predicted octanol–water partition coefficient (Wildman–Crippen LogP) is 4.19. The summed E-state index contributed by atoms with van der Waals surface area (Å²) in [5.74, 6) is 0.858. The Labute approximate surface area is 121 Å². The molecule has 106 valence electrons. The number of benzene rings is 2. The summed E-state index contributed by atoms with van der Waals surface area (Å²) in [7, 11) is 0. The minimum atomic E-state index is -0.267. The summed E-state index contributed by atoms with van der Waals surface area (Å²) in [5.41, 5.74) is 3.42. The van der Waals surface area contributed by atoms with E-state index in [1.54, 1.807) is 12.1 Å². The number of phenolic OH excluding ortho intramolecular Hbond substituents is 1. The molecule has 0 atom stereocenters. The molecule has 0 amide bonds. The van der Waals surface area contributed by atoms with Gasteiger partial charge in [-0.15, -0.1) is 0 Å². The SMILES string of the molecule is Cc1cc(-c2nc3cc(F)ccc3n2C2CC2)ccc1O. The van der Waals surface area contributed by atoms with Crippen molar-refractivity contribution in [3.05, 3.63) is 47.8 Å². The molecular formula is C17H15FN2O. The highest BCUT2D eigenvalue weighted by Gasteiger charge is 2.28. The molecule has 1 fully saturated rings. The summed E-state index contributed by atoms with van der Waals surface area (Å²) >= 11 is 0. The fraction of sp³-hybridized carbons (Fsp3) is 0.235. The number of nitrogens with zero attached hydrogens (tertiary/aromatic N) is 2. The van der Waals surface area contributed by atoms with Crippen LogP contribution in [0.4, 0.5) is 4.39 Å². The molecule has 1 aromatic heterocycles. The lowest BCUT2D eigenvalue weighted by atomic mass is 10.1. The number of aromatic hydroxyl groups is 1. The Morgan fingerprint density at radius 3 is 2.71 bits per heavy atom. The van der Waals surface area contributed by atoms with Crippen LogP contribution in [-0.2, 0) is 0 Å². The Hall–Kier alpha value is -2.36. The first-order valence-corrected chi connectivity index (χ1v) is 7.11. The largest absolute Gasteiger partial charge is 0.508 e. The molecule has 1 N–H and O–H groups in total. The standard InChI is InChI=1S/C17H15FN2O/c1-10-8-11(2-7-16(10)21)17-19-14-9-12(18)3-6-15(14)20(17)13-4-5-13/h2-3,6-9,13,21H,4-5H2,1H3. The first-order valence-electron chi connectivity index (χ1n) is 7.11. The number of hydrogen-bond donors (Lipinski definition) is 1. The van der Waals surface area contributed by atoms with Crippen molar-refractivity contribution in [2.75, 3.05) is 0 Å². The number of halogens is 1. The lowest BCUT2D eigenvalue weighted by molar-refractivity contribution is 0.471. The third-order valence-electron chi connectivity index (χ3n) is 4.02. The van der Waals surface area contributed by atoms with Gasteiger partial charge < -0.3 is 9.67 Å². The summed E-state index contributed by atoms with van der Waals surface area (Å²) in [6.07, 6.45) is 2.26. The smallest absolute Gasteiger partial charge is 0.141 e. The van der Waals surface area contributed by atoms with Gasteiger partial charge in [-0.2, -0.15) is 0 Å². The molecule has 0 bridgehead atoms. The van der Waals surface area contributed by atoms with E-state index in [1.165, 1.54) is 12.1 Å². The highest BCUT2D eigenvalue weighted by molar-refractivity contribution is 5.81. The molecule has 0 radical (unpaired) electrons. The quantitative estimate of drug-likeness (QED) is 0.765. The molecule has 1 aliphatic carbocycles. The number of hydrogen-bond acceptors (Lipinski definition) is 2. The molecule has 3 nitrogen and oxygen atoms in total. The second-order valence-electron chi connectivity index (χ2n) is 5.67. The third-order valence-corrected chi connectivity index (χ3v) is 4.02. The molecule has 1 aliphatic rings. The van der Waals surface area contributed by atoms with Gasteiger partial charge in [0.15, 0.2) is 0 Å².